The van der Waals surface area contributed by atoms with Crippen molar-refractivity contribution < 1.29 is 14.0 Å². The largest absolute Gasteiger partial charge is 0.468 e. The number of rotatable bonds is 9. The fraction of sp³-hybridized carbons (Fsp3) is 0.296. The van der Waals surface area contributed by atoms with Gasteiger partial charge in [0.2, 0.25) is 0 Å². The van der Waals surface area contributed by atoms with Crippen LogP contribution < -0.4 is 15.7 Å². The summed E-state index contributed by atoms with van der Waals surface area (Å²) < 4.78 is 12.0. The molecule has 0 spiro atoms. The maximum absolute atomic E-state index is 12.6. The van der Waals surface area contributed by atoms with Crippen molar-refractivity contribution in [2.75, 3.05) is 13.7 Å². The van der Waals surface area contributed by atoms with E-state index in [2.05, 4.69) is 74.6 Å². The quantitative estimate of drug-likeness (QED) is 0.399. The van der Waals surface area contributed by atoms with E-state index in [4.69, 9.17) is 9.16 Å². The zero-order valence-electron chi connectivity index (χ0n) is 19.4. The van der Waals surface area contributed by atoms with E-state index in [1.54, 1.807) is 0 Å². The van der Waals surface area contributed by atoms with Gasteiger partial charge in [0.1, 0.15) is 6.04 Å². The lowest BCUT2D eigenvalue weighted by atomic mass is 10.2. The van der Waals surface area contributed by atoms with Crippen molar-refractivity contribution in [1.82, 2.24) is 5.32 Å². The first-order chi connectivity index (χ1) is 15.4. The molecule has 0 fully saturated rings. The molecule has 32 heavy (non-hydrogen) atoms. The molecule has 0 aliphatic rings. The Morgan fingerprint density at radius 3 is 1.75 bits per heavy atom. The molecule has 1 atom stereocenters. The second-order valence-corrected chi connectivity index (χ2v) is 13.2. The van der Waals surface area contributed by atoms with Gasteiger partial charge in [-0.1, -0.05) is 112 Å². The van der Waals surface area contributed by atoms with E-state index in [-0.39, 0.29) is 17.6 Å². The van der Waals surface area contributed by atoms with E-state index in [1.165, 1.54) is 17.5 Å². The molecule has 0 heterocycles. The molecule has 0 aromatic heterocycles. The number of carbonyl (C=O) groups is 1. The Bertz CT molecular complexity index is 933. The highest BCUT2D eigenvalue weighted by Crippen LogP contribution is 2.36. The van der Waals surface area contributed by atoms with Crippen molar-refractivity contribution in [3.8, 4) is 0 Å². The third-order valence-electron chi connectivity index (χ3n) is 5.76. The Kier molecular flexibility index (Phi) is 8.02. The third kappa shape index (κ3) is 5.36. The summed E-state index contributed by atoms with van der Waals surface area (Å²) in [5, 5.41) is 5.55. The zero-order chi connectivity index (χ0) is 23.0. The van der Waals surface area contributed by atoms with Crippen LogP contribution >= 0.6 is 0 Å². The van der Waals surface area contributed by atoms with Gasteiger partial charge in [-0.3, -0.25) is 10.1 Å². The monoisotopic (exact) mass is 447 g/mol. The highest BCUT2D eigenvalue weighted by atomic mass is 28.4. The number of esters is 1. The van der Waals surface area contributed by atoms with Crippen LogP contribution in [0.25, 0.3) is 0 Å². The summed E-state index contributed by atoms with van der Waals surface area (Å²) in [6.07, 6.45) is 0. The molecule has 0 aliphatic carbocycles. The number of carbonyl (C=O) groups excluding carboxylic acids is 1. The maximum Gasteiger partial charge on any atom is 0.325 e. The van der Waals surface area contributed by atoms with Gasteiger partial charge < -0.3 is 9.16 Å². The van der Waals surface area contributed by atoms with Gasteiger partial charge in [-0.2, -0.15) is 0 Å². The Hall–Kier alpha value is -2.73. The number of hydrogen-bond donors (Lipinski definition) is 1. The van der Waals surface area contributed by atoms with Gasteiger partial charge in [0, 0.05) is 6.54 Å². The van der Waals surface area contributed by atoms with Crippen molar-refractivity contribution in [2.24, 2.45) is 0 Å². The van der Waals surface area contributed by atoms with Crippen LogP contribution in [0, 0.1) is 0 Å². The number of benzene rings is 3. The molecule has 5 heteroatoms. The predicted octanol–water partition coefficient (Wildman–Crippen LogP) is 3.89. The molecule has 0 bridgehead atoms. The van der Waals surface area contributed by atoms with E-state index in [1.807, 2.05) is 42.5 Å². The van der Waals surface area contributed by atoms with E-state index in [0.717, 1.165) is 5.56 Å². The lowest BCUT2D eigenvalue weighted by Gasteiger charge is -2.43. The third-order valence-corrected chi connectivity index (χ3v) is 10.8. The van der Waals surface area contributed by atoms with E-state index in [0.29, 0.717) is 6.54 Å². The molecule has 0 saturated heterocycles. The molecule has 1 N–H and O–H groups in total. The standard InChI is InChI=1S/C27H33NO3Si/c1-27(2,3)32(23-16-10-6-11-17-23,24-18-12-7-13-19-24)31-21-25(26(29)30-4)28-20-22-14-8-5-9-15-22/h5-19,25,28H,20-21H2,1-4H3/t25-/m1/s1. The van der Waals surface area contributed by atoms with Crippen LogP contribution in [0.2, 0.25) is 5.04 Å². The molecule has 3 rings (SSSR count). The molecular formula is C27H33NO3Si. The summed E-state index contributed by atoms with van der Waals surface area (Å²) in [5.41, 5.74) is 1.10. The van der Waals surface area contributed by atoms with Crippen LogP contribution in [-0.4, -0.2) is 34.0 Å². The summed E-state index contributed by atoms with van der Waals surface area (Å²) in [6, 6.07) is 30.3. The molecule has 3 aromatic rings. The topological polar surface area (TPSA) is 47.6 Å². The maximum atomic E-state index is 12.6. The summed E-state index contributed by atoms with van der Waals surface area (Å²) in [6.45, 7) is 7.47. The first-order valence-corrected chi connectivity index (χ1v) is 12.9. The smallest absolute Gasteiger partial charge is 0.325 e. The minimum atomic E-state index is -2.73. The molecular weight excluding hydrogens is 414 g/mol. The van der Waals surface area contributed by atoms with Crippen molar-refractivity contribution in [1.29, 1.82) is 0 Å². The summed E-state index contributed by atoms with van der Waals surface area (Å²) >= 11 is 0. The van der Waals surface area contributed by atoms with Crippen molar-refractivity contribution in [2.45, 2.75) is 38.4 Å². The van der Waals surface area contributed by atoms with Gasteiger partial charge in [-0.15, -0.1) is 0 Å². The molecule has 0 radical (unpaired) electrons. The molecule has 0 saturated carbocycles. The SMILES string of the molecule is COC(=O)[C@@H](CO[Si](c1ccccc1)(c1ccccc1)C(C)(C)C)NCc1ccccc1. The van der Waals surface area contributed by atoms with Gasteiger partial charge in [-0.25, -0.2) is 0 Å². The average molecular weight is 448 g/mol. The second-order valence-electron chi connectivity index (χ2n) is 8.92. The average Bonchev–Trinajstić information content (AvgIpc) is 2.82. The molecule has 0 aliphatic heterocycles. The van der Waals surface area contributed by atoms with Crippen LogP contribution in [0.1, 0.15) is 26.3 Å². The summed E-state index contributed by atoms with van der Waals surface area (Å²) in [4.78, 5) is 12.6. The van der Waals surface area contributed by atoms with Gasteiger partial charge in [0.25, 0.3) is 8.32 Å². The van der Waals surface area contributed by atoms with Gasteiger partial charge in [0.05, 0.1) is 13.7 Å². The first-order valence-electron chi connectivity index (χ1n) is 11.0. The Morgan fingerprint density at radius 2 is 1.31 bits per heavy atom. The predicted molar refractivity (Wildman–Crippen MR) is 133 cm³/mol. The van der Waals surface area contributed by atoms with Crippen molar-refractivity contribution in [3.05, 3.63) is 96.6 Å². The fourth-order valence-electron chi connectivity index (χ4n) is 4.16. The first kappa shape index (κ1) is 23.9. The Morgan fingerprint density at radius 1 is 0.844 bits per heavy atom. The van der Waals surface area contributed by atoms with Crippen molar-refractivity contribution >= 4 is 24.7 Å². The van der Waals surface area contributed by atoms with Gasteiger partial charge >= 0.3 is 5.97 Å². The normalized spacial score (nSPS) is 12.9. The lowest BCUT2D eigenvalue weighted by molar-refractivity contribution is -0.144. The van der Waals surface area contributed by atoms with Crippen LogP contribution in [0.4, 0.5) is 0 Å². The highest BCUT2D eigenvalue weighted by Gasteiger charge is 2.50. The molecule has 3 aromatic carbocycles. The number of ether oxygens (including phenoxy) is 1. The Balaban J connectivity index is 1.95. The van der Waals surface area contributed by atoms with Gasteiger partial charge in [-0.05, 0) is 21.0 Å². The fourth-order valence-corrected chi connectivity index (χ4v) is 8.73. The van der Waals surface area contributed by atoms with E-state index >= 15 is 0 Å². The number of hydrogen-bond acceptors (Lipinski definition) is 4. The van der Waals surface area contributed by atoms with Crippen LogP contribution in [0.15, 0.2) is 91.0 Å². The van der Waals surface area contributed by atoms with E-state index in [9.17, 15) is 4.79 Å². The lowest BCUT2D eigenvalue weighted by Crippen LogP contribution is -2.67. The number of nitrogens with one attached hydrogen (secondary N) is 1. The van der Waals surface area contributed by atoms with E-state index < -0.39 is 14.4 Å². The zero-order valence-corrected chi connectivity index (χ0v) is 20.4. The molecule has 4 nitrogen and oxygen atoms in total. The van der Waals surface area contributed by atoms with Crippen LogP contribution in [0.5, 0.6) is 0 Å². The molecule has 0 unspecified atom stereocenters. The highest BCUT2D eigenvalue weighted by molar-refractivity contribution is 6.99. The van der Waals surface area contributed by atoms with Crippen LogP contribution in [-0.2, 0) is 20.5 Å². The van der Waals surface area contributed by atoms with Gasteiger partial charge in [0.15, 0.2) is 0 Å². The minimum Gasteiger partial charge on any atom is -0.468 e. The van der Waals surface area contributed by atoms with Crippen molar-refractivity contribution in [3.63, 3.8) is 0 Å². The van der Waals surface area contributed by atoms with Crippen LogP contribution in [0.3, 0.4) is 0 Å². The summed E-state index contributed by atoms with van der Waals surface area (Å²) in [5.74, 6) is -0.320. The number of methoxy groups -OCH3 is 1. The second kappa shape index (κ2) is 10.7. The minimum absolute atomic E-state index is 0.157. The Labute approximate surface area is 192 Å². The molecule has 0 amide bonds. The summed E-state index contributed by atoms with van der Waals surface area (Å²) in [7, 11) is -1.31. The molecule has 168 valence electrons.